The first-order valence-corrected chi connectivity index (χ1v) is 7.33. The standard InChI is InChI=1S/C16H24O5/c1-5-18-14-12-10-9-11-13(14)15(17)16(19-6-2,20-7-3)21-8-4/h9-12H,5-8H2,1-4H3. The second-order valence-electron chi connectivity index (χ2n) is 4.11. The quantitative estimate of drug-likeness (QED) is 0.490. The van der Waals surface area contributed by atoms with Crippen LogP contribution in [0.15, 0.2) is 24.3 Å². The Labute approximate surface area is 126 Å². The summed E-state index contributed by atoms with van der Waals surface area (Å²) in [6.45, 7) is 8.57. The molecule has 0 radical (unpaired) electrons. The van der Waals surface area contributed by atoms with Gasteiger partial charge in [0.2, 0.25) is 0 Å². The molecule has 1 rings (SSSR count). The lowest BCUT2D eigenvalue weighted by Gasteiger charge is -2.31. The molecular weight excluding hydrogens is 272 g/mol. The number of benzene rings is 1. The maximum absolute atomic E-state index is 12.9. The van der Waals surface area contributed by atoms with E-state index in [9.17, 15) is 4.79 Å². The van der Waals surface area contributed by atoms with Crippen LogP contribution in [0.1, 0.15) is 38.1 Å². The molecular formula is C16H24O5. The van der Waals surface area contributed by atoms with Crippen molar-refractivity contribution in [2.75, 3.05) is 26.4 Å². The van der Waals surface area contributed by atoms with E-state index in [1.54, 1.807) is 39.0 Å². The molecule has 0 aliphatic heterocycles. The Morgan fingerprint density at radius 3 is 1.90 bits per heavy atom. The van der Waals surface area contributed by atoms with Crippen molar-refractivity contribution in [3.05, 3.63) is 29.8 Å². The molecule has 0 heterocycles. The number of ketones is 1. The highest BCUT2D eigenvalue weighted by Crippen LogP contribution is 2.27. The van der Waals surface area contributed by atoms with Gasteiger partial charge in [-0.1, -0.05) is 12.1 Å². The third-order valence-electron chi connectivity index (χ3n) is 2.71. The molecule has 1 aromatic rings. The second kappa shape index (κ2) is 8.77. The van der Waals surface area contributed by atoms with Crippen molar-refractivity contribution >= 4 is 5.78 Å². The maximum atomic E-state index is 12.9. The Bertz CT molecular complexity index is 427. The fourth-order valence-corrected chi connectivity index (χ4v) is 1.99. The SMILES string of the molecule is CCOc1ccccc1C(=O)C(OCC)(OCC)OCC. The van der Waals surface area contributed by atoms with Crippen LogP contribution in [0.25, 0.3) is 0 Å². The van der Waals surface area contributed by atoms with Gasteiger partial charge in [0.25, 0.3) is 5.78 Å². The summed E-state index contributed by atoms with van der Waals surface area (Å²) in [6.07, 6.45) is 0. The van der Waals surface area contributed by atoms with E-state index in [-0.39, 0.29) is 0 Å². The molecule has 0 spiro atoms. The van der Waals surface area contributed by atoms with Crippen molar-refractivity contribution in [1.82, 2.24) is 0 Å². The van der Waals surface area contributed by atoms with Crippen LogP contribution in [0.5, 0.6) is 5.75 Å². The zero-order chi connectivity index (χ0) is 15.7. The summed E-state index contributed by atoms with van der Waals surface area (Å²) in [5.41, 5.74) is 0.384. The van der Waals surface area contributed by atoms with Gasteiger partial charge in [-0.15, -0.1) is 0 Å². The highest BCUT2D eigenvalue weighted by atomic mass is 16.9. The Kier molecular flexibility index (Phi) is 7.36. The first-order chi connectivity index (χ1) is 10.1. The van der Waals surface area contributed by atoms with Crippen LogP contribution in [0.2, 0.25) is 0 Å². The van der Waals surface area contributed by atoms with Crippen LogP contribution in [0.4, 0.5) is 0 Å². The van der Waals surface area contributed by atoms with Crippen LogP contribution < -0.4 is 4.74 Å². The zero-order valence-electron chi connectivity index (χ0n) is 13.2. The van der Waals surface area contributed by atoms with E-state index >= 15 is 0 Å². The molecule has 0 amide bonds. The number of hydrogen-bond acceptors (Lipinski definition) is 5. The number of para-hydroxylation sites is 1. The first-order valence-electron chi connectivity index (χ1n) is 7.33. The lowest BCUT2D eigenvalue weighted by atomic mass is 10.1. The van der Waals surface area contributed by atoms with Crippen molar-refractivity contribution < 1.29 is 23.7 Å². The fraction of sp³-hybridized carbons (Fsp3) is 0.562. The third-order valence-corrected chi connectivity index (χ3v) is 2.71. The summed E-state index contributed by atoms with van der Waals surface area (Å²) in [7, 11) is 0. The molecule has 118 valence electrons. The summed E-state index contributed by atoms with van der Waals surface area (Å²) < 4.78 is 22.0. The van der Waals surface area contributed by atoms with Gasteiger partial charge in [-0.3, -0.25) is 4.79 Å². The molecule has 21 heavy (non-hydrogen) atoms. The minimum Gasteiger partial charge on any atom is -0.493 e. The molecule has 0 aromatic heterocycles. The van der Waals surface area contributed by atoms with Crippen molar-refractivity contribution in [3.8, 4) is 5.75 Å². The fourth-order valence-electron chi connectivity index (χ4n) is 1.99. The first kappa shape index (κ1) is 17.6. The van der Waals surface area contributed by atoms with Gasteiger partial charge in [0.05, 0.1) is 32.0 Å². The van der Waals surface area contributed by atoms with E-state index in [2.05, 4.69) is 0 Å². The molecule has 0 atom stereocenters. The summed E-state index contributed by atoms with van der Waals surface area (Å²) in [5, 5.41) is 0. The molecule has 0 aliphatic carbocycles. The summed E-state index contributed by atoms with van der Waals surface area (Å²) in [5.74, 6) is -1.61. The minimum absolute atomic E-state index is 0.294. The number of Topliss-reactive ketones (excluding diaryl/α,β-unsaturated/α-hetero) is 1. The van der Waals surface area contributed by atoms with Crippen molar-refractivity contribution in [2.24, 2.45) is 0 Å². The number of ether oxygens (including phenoxy) is 4. The molecule has 0 saturated heterocycles. The van der Waals surface area contributed by atoms with Crippen LogP contribution in [-0.2, 0) is 14.2 Å². The zero-order valence-corrected chi connectivity index (χ0v) is 13.2. The van der Waals surface area contributed by atoms with Crippen LogP contribution in [0, 0.1) is 0 Å². The average Bonchev–Trinajstić information content (AvgIpc) is 2.48. The molecule has 0 unspecified atom stereocenters. The number of carbonyl (C=O) groups is 1. The number of rotatable bonds is 10. The Hall–Kier alpha value is -1.43. The van der Waals surface area contributed by atoms with E-state index in [0.717, 1.165) is 0 Å². The molecule has 0 saturated carbocycles. The van der Waals surface area contributed by atoms with Gasteiger partial charge in [0, 0.05) is 0 Å². The highest BCUT2D eigenvalue weighted by Gasteiger charge is 2.43. The predicted molar refractivity (Wildman–Crippen MR) is 79.6 cm³/mol. The molecule has 0 fully saturated rings. The maximum Gasteiger partial charge on any atom is 0.351 e. The van der Waals surface area contributed by atoms with Crippen LogP contribution in [-0.4, -0.2) is 38.2 Å². The molecule has 1 aromatic carbocycles. The van der Waals surface area contributed by atoms with E-state index in [4.69, 9.17) is 18.9 Å². The third kappa shape index (κ3) is 4.27. The van der Waals surface area contributed by atoms with Gasteiger partial charge in [-0.05, 0) is 39.8 Å². The van der Waals surface area contributed by atoms with Gasteiger partial charge in [-0.25, -0.2) is 0 Å². The van der Waals surface area contributed by atoms with Crippen LogP contribution >= 0.6 is 0 Å². The summed E-state index contributed by atoms with van der Waals surface area (Å²) in [4.78, 5) is 12.9. The van der Waals surface area contributed by atoms with Gasteiger partial charge in [0.1, 0.15) is 5.75 Å². The molecule has 0 aliphatic rings. The highest BCUT2D eigenvalue weighted by molar-refractivity contribution is 6.02. The van der Waals surface area contributed by atoms with Crippen molar-refractivity contribution in [2.45, 2.75) is 33.7 Å². The van der Waals surface area contributed by atoms with Gasteiger partial charge in [0.15, 0.2) is 0 Å². The lowest BCUT2D eigenvalue weighted by Crippen LogP contribution is -2.47. The molecule has 5 heteroatoms. The van der Waals surface area contributed by atoms with Crippen molar-refractivity contribution in [3.63, 3.8) is 0 Å². The monoisotopic (exact) mass is 296 g/mol. The van der Waals surface area contributed by atoms with Gasteiger partial charge < -0.3 is 18.9 Å². The Morgan fingerprint density at radius 1 is 0.905 bits per heavy atom. The Morgan fingerprint density at radius 2 is 1.43 bits per heavy atom. The van der Waals surface area contributed by atoms with Gasteiger partial charge >= 0.3 is 5.97 Å². The summed E-state index contributed by atoms with van der Waals surface area (Å²) >= 11 is 0. The molecule has 0 bridgehead atoms. The summed E-state index contributed by atoms with van der Waals surface area (Å²) in [6, 6.07) is 7.00. The minimum atomic E-state index is -1.72. The van der Waals surface area contributed by atoms with Crippen LogP contribution in [0.3, 0.4) is 0 Å². The predicted octanol–water partition coefficient (Wildman–Crippen LogP) is 3.03. The smallest absolute Gasteiger partial charge is 0.351 e. The topological polar surface area (TPSA) is 54.0 Å². The average molecular weight is 296 g/mol. The van der Waals surface area contributed by atoms with E-state index < -0.39 is 11.8 Å². The number of carbonyl (C=O) groups excluding carboxylic acids is 1. The van der Waals surface area contributed by atoms with E-state index in [1.165, 1.54) is 0 Å². The molecule has 5 nitrogen and oxygen atoms in total. The van der Waals surface area contributed by atoms with Gasteiger partial charge in [-0.2, -0.15) is 0 Å². The second-order valence-corrected chi connectivity index (χ2v) is 4.11. The number of hydrogen-bond donors (Lipinski definition) is 0. The lowest BCUT2D eigenvalue weighted by molar-refractivity contribution is -0.338. The van der Waals surface area contributed by atoms with E-state index in [1.807, 2.05) is 13.0 Å². The largest absolute Gasteiger partial charge is 0.493 e. The normalized spacial score (nSPS) is 11.4. The Balaban J connectivity index is 3.20. The van der Waals surface area contributed by atoms with Crippen molar-refractivity contribution in [1.29, 1.82) is 0 Å². The van der Waals surface area contributed by atoms with E-state index in [0.29, 0.717) is 37.7 Å². The molecule has 0 N–H and O–H groups in total.